The summed E-state index contributed by atoms with van der Waals surface area (Å²) in [4.78, 5) is 26.6. The van der Waals surface area contributed by atoms with Crippen molar-refractivity contribution in [3.8, 4) is 0 Å². The highest BCUT2D eigenvalue weighted by Gasteiger charge is 2.26. The van der Waals surface area contributed by atoms with Crippen LogP contribution < -0.4 is 0 Å². The molecule has 0 saturated heterocycles. The van der Waals surface area contributed by atoms with Gasteiger partial charge in [0.2, 0.25) is 0 Å². The first-order chi connectivity index (χ1) is 14.1. The number of amides is 1. The van der Waals surface area contributed by atoms with Crippen LogP contribution in [0, 0.1) is 5.82 Å². The van der Waals surface area contributed by atoms with E-state index in [9.17, 15) is 14.0 Å². The van der Waals surface area contributed by atoms with Gasteiger partial charge in [-0.3, -0.25) is 4.79 Å². The van der Waals surface area contributed by atoms with Crippen LogP contribution in [0.15, 0.2) is 60.7 Å². The zero-order valence-corrected chi connectivity index (χ0v) is 16.4. The summed E-state index contributed by atoms with van der Waals surface area (Å²) in [6.45, 7) is 0.0941. The van der Waals surface area contributed by atoms with Crippen LogP contribution >= 0.6 is 0 Å². The van der Waals surface area contributed by atoms with Crippen molar-refractivity contribution in [1.29, 1.82) is 0 Å². The molecule has 0 heterocycles. The summed E-state index contributed by atoms with van der Waals surface area (Å²) >= 11 is 0. The molecule has 5 heteroatoms. The molecule has 152 valence electrons. The number of carbonyl (C=O) groups excluding carboxylic acids is 2. The van der Waals surface area contributed by atoms with Crippen molar-refractivity contribution in [3.63, 3.8) is 0 Å². The summed E-state index contributed by atoms with van der Waals surface area (Å²) in [5.74, 6) is -1.07. The fourth-order valence-electron chi connectivity index (χ4n) is 3.59. The number of hydrogen-bond donors (Lipinski definition) is 0. The lowest BCUT2D eigenvalue weighted by atomic mass is 9.93. The van der Waals surface area contributed by atoms with Gasteiger partial charge in [-0.05, 0) is 42.2 Å². The van der Waals surface area contributed by atoms with E-state index in [-0.39, 0.29) is 24.4 Å². The van der Waals surface area contributed by atoms with Crippen molar-refractivity contribution in [2.75, 3.05) is 6.61 Å². The minimum atomic E-state index is -0.549. The van der Waals surface area contributed by atoms with E-state index in [1.54, 1.807) is 23.1 Å². The maximum Gasteiger partial charge on any atom is 0.331 e. The standard InChI is InChI=1S/C24H26FNO3/c25-21-14-11-20(12-15-21)17-26(22-9-5-2-6-10-22)23(27)18-29-24(28)16-13-19-7-3-1-4-8-19/h1,3-4,7-8,11-16,22H,2,5-6,9-10,17-18H2/b16-13+. The molecule has 1 fully saturated rings. The minimum Gasteiger partial charge on any atom is -0.452 e. The third-order valence-electron chi connectivity index (χ3n) is 5.15. The van der Waals surface area contributed by atoms with Gasteiger partial charge in [-0.2, -0.15) is 0 Å². The molecule has 1 aliphatic carbocycles. The normalized spacial score (nSPS) is 14.7. The predicted molar refractivity (Wildman–Crippen MR) is 110 cm³/mol. The highest BCUT2D eigenvalue weighted by molar-refractivity contribution is 5.89. The summed E-state index contributed by atoms with van der Waals surface area (Å²) in [6, 6.07) is 15.7. The van der Waals surface area contributed by atoms with Gasteiger partial charge in [0.05, 0.1) is 0 Å². The van der Waals surface area contributed by atoms with Crippen molar-refractivity contribution in [3.05, 3.63) is 77.6 Å². The molecule has 0 spiro atoms. The summed E-state index contributed by atoms with van der Waals surface area (Å²) in [5, 5.41) is 0. The molecule has 1 saturated carbocycles. The second-order valence-corrected chi connectivity index (χ2v) is 7.29. The van der Waals surface area contributed by atoms with Gasteiger partial charge < -0.3 is 9.64 Å². The van der Waals surface area contributed by atoms with Gasteiger partial charge in [-0.1, -0.05) is 61.7 Å². The number of esters is 1. The maximum atomic E-state index is 13.2. The average molecular weight is 395 g/mol. The Morgan fingerprint density at radius 1 is 1.00 bits per heavy atom. The minimum absolute atomic E-state index is 0.125. The van der Waals surface area contributed by atoms with Crippen molar-refractivity contribution < 1.29 is 18.7 Å². The zero-order chi connectivity index (χ0) is 20.5. The first-order valence-corrected chi connectivity index (χ1v) is 10.1. The van der Waals surface area contributed by atoms with E-state index in [0.717, 1.165) is 36.8 Å². The quantitative estimate of drug-likeness (QED) is 0.502. The molecule has 0 aliphatic heterocycles. The molecule has 2 aromatic carbocycles. The van der Waals surface area contributed by atoms with Gasteiger partial charge in [-0.25, -0.2) is 9.18 Å². The Bertz CT molecular complexity index is 827. The van der Waals surface area contributed by atoms with Crippen molar-refractivity contribution in [1.82, 2.24) is 4.90 Å². The molecule has 0 unspecified atom stereocenters. The van der Waals surface area contributed by atoms with Crippen LogP contribution in [0.1, 0.15) is 43.2 Å². The van der Waals surface area contributed by atoms with Crippen molar-refractivity contribution in [2.45, 2.75) is 44.7 Å². The Labute approximate surface area is 171 Å². The number of carbonyl (C=O) groups is 2. The van der Waals surface area contributed by atoms with E-state index < -0.39 is 5.97 Å². The van der Waals surface area contributed by atoms with Gasteiger partial charge >= 0.3 is 5.97 Å². The molecule has 1 aliphatic rings. The monoisotopic (exact) mass is 395 g/mol. The summed E-state index contributed by atoms with van der Waals surface area (Å²) in [7, 11) is 0. The topological polar surface area (TPSA) is 46.6 Å². The van der Waals surface area contributed by atoms with Crippen molar-refractivity contribution in [2.24, 2.45) is 0 Å². The van der Waals surface area contributed by atoms with Crippen LogP contribution in [0.4, 0.5) is 4.39 Å². The first kappa shape index (κ1) is 20.8. The van der Waals surface area contributed by atoms with Gasteiger partial charge in [0.25, 0.3) is 5.91 Å². The number of nitrogens with zero attached hydrogens (tertiary/aromatic N) is 1. The second kappa shape index (κ2) is 10.6. The lowest BCUT2D eigenvalue weighted by Gasteiger charge is -2.34. The average Bonchev–Trinajstić information content (AvgIpc) is 2.77. The highest BCUT2D eigenvalue weighted by Crippen LogP contribution is 2.24. The summed E-state index contributed by atoms with van der Waals surface area (Å²) in [5.41, 5.74) is 1.75. The Morgan fingerprint density at radius 2 is 1.69 bits per heavy atom. The predicted octanol–water partition coefficient (Wildman–Crippen LogP) is 4.74. The van der Waals surface area contributed by atoms with E-state index in [2.05, 4.69) is 0 Å². The second-order valence-electron chi connectivity index (χ2n) is 7.29. The third kappa shape index (κ3) is 6.56. The fourth-order valence-corrected chi connectivity index (χ4v) is 3.59. The number of hydrogen-bond acceptors (Lipinski definition) is 3. The van der Waals surface area contributed by atoms with Crippen LogP contribution in [0.5, 0.6) is 0 Å². The molecule has 29 heavy (non-hydrogen) atoms. The zero-order valence-electron chi connectivity index (χ0n) is 16.4. The van der Waals surface area contributed by atoms with Crippen LogP contribution in [0.3, 0.4) is 0 Å². The Morgan fingerprint density at radius 3 is 2.38 bits per heavy atom. The lowest BCUT2D eigenvalue weighted by molar-refractivity contribution is -0.150. The number of rotatable bonds is 7. The SMILES string of the molecule is O=C(/C=C/c1ccccc1)OCC(=O)N(Cc1ccc(F)cc1)C1CCCCC1. The molecular weight excluding hydrogens is 369 g/mol. The van der Waals surface area contributed by atoms with E-state index in [0.29, 0.717) is 6.54 Å². The van der Waals surface area contributed by atoms with E-state index in [1.807, 2.05) is 30.3 Å². The van der Waals surface area contributed by atoms with Gasteiger partial charge in [0.15, 0.2) is 6.61 Å². The van der Waals surface area contributed by atoms with Crippen LogP contribution in [-0.4, -0.2) is 29.4 Å². The largest absolute Gasteiger partial charge is 0.452 e. The Hall–Kier alpha value is -2.95. The van der Waals surface area contributed by atoms with Gasteiger partial charge in [-0.15, -0.1) is 0 Å². The van der Waals surface area contributed by atoms with E-state index >= 15 is 0 Å². The van der Waals surface area contributed by atoms with Crippen molar-refractivity contribution >= 4 is 18.0 Å². The van der Waals surface area contributed by atoms with E-state index in [1.165, 1.54) is 24.6 Å². The molecule has 0 aromatic heterocycles. The molecule has 4 nitrogen and oxygen atoms in total. The lowest BCUT2D eigenvalue weighted by Crippen LogP contribution is -2.43. The van der Waals surface area contributed by atoms with Gasteiger partial charge in [0.1, 0.15) is 5.82 Å². The third-order valence-corrected chi connectivity index (χ3v) is 5.15. The smallest absolute Gasteiger partial charge is 0.331 e. The van der Waals surface area contributed by atoms with Gasteiger partial charge in [0, 0.05) is 18.7 Å². The summed E-state index contributed by atoms with van der Waals surface area (Å²) < 4.78 is 18.4. The van der Waals surface area contributed by atoms with E-state index in [4.69, 9.17) is 4.74 Å². The van der Waals surface area contributed by atoms with Crippen LogP contribution in [0.25, 0.3) is 6.08 Å². The highest BCUT2D eigenvalue weighted by atomic mass is 19.1. The van der Waals surface area contributed by atoms with Crippen LogP contribution in [0.2, 0.25) is 0 Å². The maximum absolute atomic E-state index is 13.2. The molecule has 0 N–H and O–H groups in total. The molecule has 0 atom stereocenters. The molecule has 0 bridgehead atoms. The number of ether oxygens (including phenoxy) is 1. The summed E-state index contributed by atoms with van der Waals surface area (Å²) in [6.07, 6.45) is 8.20. The Balaban J connectivity index is 1.60. The number of halogens is 1. The van der Waals surface area contributed by atoms with Crippen LogP contribution in [-0.2, 0) is 20.9 Å². The molecule has 2 aromatic rings. The fraction of sp³-hybridized carbons (Fsp3) is 0.333. The molecule has 1 amide bonds. The number of benzene rings is 2. The Kier molecular flexibility index (Phi) is 7.56. The molecule has 0 radical (unpaired) electrons. The first-order valence-electron chi connectivity index (χ1n) is 10.1. The molecular formula is C24H26FNO3. The molecule has 3 rings (SSSR count).